The highest BCUT2D eigenvalue weighted by Crippen LogP contribution is 2.72. The maximum atomic E-state index is 14.3. The summed E-state index contributed by atoms with van der Waals surface area (Å²) in [6.07, 6.45) is -2.08. The molecule has 3 aromatic carbocycles. The van der Waals surface area contributed by atoms with Crippen molar-refractivity contribution in [3.8, 4) is 17.2 Å². The molecule has 2 heterocycles. The summed E-state index contributed by atoms with van der Waals surface area (Å²) in [5.74, 6) is -0.731. The zero-order chi connectivity index (χ0) is 26.0. The van der Waals surface area contributed by atoms with E-state index in [4.69, 9.17) is 0 Å². The van der Waals surface area contributed by atoms with Crippen molar-refractivity contribution in [2.75, 3.05) is 20.1 Å². The molecule has 2 aliphatic rings. The molecule has 37 heavy (non-hydrogen) atoms. The Bertz CT molecular complexity index is 1540. The number of likely N-dealkylation sites (tertiary alicyclic amines) is 1. The lowest BCUT2D eigenvalue weighted by atomic mass is 9.79. The fourth-order valence-electron chi connectivity index (χ4n) is 6.16. The van der Waals surface area contributed by atoms with E-state index in [1.54, 1.807) is 6.07 Å². The molecule has 6 rings (SSSR count). The van der Waals surface area contributed by atoms with Crippen molar-refractivity contribution in [3.63, 3.8) is 0 Å². The van der Waals surface area contributed by atoms with Crippen LogP contribution in [-0.4, -0.2) is 35.0 Å². The number of rotatable bonds is 3. The Morgan fingerprint density at radius 2 is 1.73 bits per heavy atom. The number of halogens is 4. The van der Waals surface area contributed by atoms with Crippen LogP contribution in [0.4, 0.5) is 17.6 Å². The summed E-state index contributed by atoms with van der Waals surface area (Å²) >= 11 is 0. The van der Waals surface area contributed by atoms with E-state index in [1.807, 2.05) is 30.3 Å². The van der Waals surface area contributed by atoms with Gasteiger partial charge >= 0.3 is 6.18 Å². The number of nitrogens with zero attached hydrogens (tertiary/aromatic N) is 3. The second kappa shape index (κ2) is 8.15. The highest BCUT2D eigenvalue weighted by molar-refractivity contribution is 5.77. The standard InChI is InChI=1S/C29H24F4N4/c1-37-11-9-27(10-12-37)17-28(27,21-7-5-19(6-8-21)20-4-2-3-18(13-20)16-34)26-35-24-14-22(29(31,32)33)23(30)15-25(24)36-26/h2-8,13-15H,9-12,17H2,1H3,(H,35,36). The first-order valence-corrected chi connectivity index (χ1v) is 12.2. The van der Waals surface area contributed by atoms with Gasteiger partial charge in [0.05, 0.1) is 33.6 Å². The number of nitrogens with one attached hydrogen (secondary N) is 1. The molecule has 1 unspecified atom stereocenters. The van der Waals surface area contributed by atoms with Crippen LogP contribution in [0.15, 0.2) is 60.7 Å². The van der Waals surface area contributed by atoms with Gasteiger partial charge in [0.2, 0.25) is 0 Å². The Hall–Kier alpha value is -3.70. The van der Waals surface area contributed by atoms with Gasteiger partial charge in [-0.1, -0.05) is 36.4 Å². The average molecular weight is 505 g/mol. The number of alkyl halides is 3. The van der Waals surface area contributed by atoms with Gasteiger partial charge in [-0.25, -0.2) is 9.37 Å². The summed E-state index contributed by atoms with van der Waals surface area (Å²) in [7, 11) is 2.09. The van der Waals surface area contributed by atoms with Crippen LogP contribution in [0.25, 0.3) is 22.2 Å². The van der Waals surface area contributed by atoms with E-state index in [0.29, 0.717) is 11.4 Å². The second-order valence-corrected chi connectivity index (χ2v) is 10.4. The summed E-state index contributed by atoms with van der Waals surface area (Å²) in [6.45, 7) is 1.85. The van der Waals surface area contributed by atoms with Gasteiger partial charge in [-0.3, -0.25) is 0 Å². The molecule has 1 saturated carbocycles. The fraction of sp³-hybridized carbons (Fsp3) is 0.310. The Kier molecular flexibility index (Phi) is 5.22. The molecule has 4 nitrogen and oxygen atoms in total. The molecule has 1 aromatic heterocycles. The molecule has 1 aliphatic heterocycles. The van der Waals surface area contributed by atoms with E-state index in [1.165, 1.54) is 0 Å². The highest BCUT2D eigenvalue weighted by atomic mass is 19.4. The van der Waals surface area contributed by atoms with E-state index in [-0.39, 0.29) is 16.4 Å². The molecule has 0 amide bonds. The lowest BCUT2D eigenvalue weighted by molar-refractivity contribution is -0.139. The minimum Gasteiger partial charge on any atom is -0.341 e. The molecule has 2 fully saturated rings. The minimum absolute atomic E-state index is 0.0684. The van der Waals surface area contributed by atoms with Gasteiger partial charge < -0.3 is 9.88 Å². The Morgan fingerprint density at radius 3 is 2.41 bits per heavy atom. The van der Waals surface area contributed by atoms with Crippen molar-refractivity contribution in [1.82, 2.24) is 14.9 Å². The number of imidazole rings is 1. The Labute approximate surface area is 211 Å². The molecule has 1 atom stereocenters. The summed E-state index contributed by atoms with van der Waals surface area (Å²) < 4.78 is 54.3. The van der Waals surface area contributed by atoms with Crippen LogP contribution in [0.3, 0.4) is 0 Å². The normalized spacial score (nSPS) is 21.3. The molecule has 0 bridgehead atoms. The molecular weight excluding hydrogens is 480 g/mol. The van der Waals surface area contributed by atoms with Crippen LogP contribution in [0.5, 0.6) is 0 Å². The number of aromatic amines is 1. The maximum Gasteiger partial charge on any atom is 0.419 e. The van der Waals surface area contributed by atoms with E-state index in [9.17, 15) is 22.8 Å². The maximum absolute atomic E-state index is 14.3. The average Bonchev–Trinajstić information content (AvgIpc) is 3.35. The number of piperidine rings is 1. The SMILES string of the molecule is CN1CCC2(CC1)CC2(c1ccc(-c2cccc(C#N)c2)cc1)c1nc2cc(F)c(C(F)(F)F)cc2[nH]1. The number of aromatic nitrogens is 2. The minimum atomic E-state index is -4.78. The number of benzene rings is 3. The predicted molar refractivity (Wildman–Crippen MR) is 132 cm³/mol. The van der Waals surface area contributed by atoms with Crippen LogP contribution in [0.1, 0.15) is 41.8 Å². The third-order valence-electron chi connectivity index (χ3n) is 8.31. The molecule has 1 saturated heterocycles. The van der Waals surface area contributed by atoms with Crippen molar-refractivity contribution in [2.24, 2.45) is 5.41 Å². The third-order valence-corrected chi connectivity index (χ3v) is 8.31. The van der Waals surface area contributed by atoms with Crippen LogP contribution < -0.4 is 0 Å². The van der Waals surface area contributed by atoms with Gasteiger partial charge in [0.15, 0.2) is 0 Å². The number of H-pyrrole nitrogens is 1. The van der Waals surface area contributed by atoms with E-state index in [0.717, 1.165) is 61.2 Å². The van der Waals surface area contributed by atoms with Crippen LogP contribution in [0, 0.1) is 22.6 Å². The largest absolute Gasteiger partial charge is 0.419 e. The van der Waals surface area contributed by atoms with Crippen LogP contribution in [0.2, 0.25) is 0 Å². The zero-order valence-electron chi connectivity index (χ0n) is 20.2. The van der Waals surface area contributed by atoms with Crippen LogP contribution in [-0.2, 0) is 11.6 Å². The summed E-state index contributed by atoms with van der Waals surface area (Å²) in [6, 6.07) is 19.4. The van der Waals surface area contributed by atoms with Gasteiger partial charge in [-0.15, -0.1) is 0 Å². The smallest absolute Gasteiger partial charge is 0.341 e. The molecule has 4 aromatic rings. The van der Waals surface area contributed by atoms with Gasteiger partial charge in [0.25, 0.3) is 0 Å². The van der Waals surface area contributed by atoms with Gasteiger partial charge in [-0.2, -0.15) is 18.4 Å². The summed E-state index contributed by atoms with van der Waals surface area (Å²) in [5, 5.41) is 9.24. The molecule has 1 N–H and O–H groups in total. The van der Waals surface area contributed by atoms with Gasteiger partial charge in [-0.05, 0) is 79.7 Å². The molecule has 1 aliphatic carbocycles. The molecule has 0 radical (unpaired) electrons. The van der Waals surface area contributed by atoms with E-state index < -0.39 is 23.0 Å². The second-order valence-electron chi connectivity index (χ2n) is 10.4. The van der Waals surface area contributed by atoms with Crippen molar-refractivity contribution in [1.29, 1.82) is 5.26 Å². The monoisotopic (exact) mass is 504 g/mol. The van der Waals surface area contributed by atoms with E-state index >= 15 is 0 Å². The molecule has 1 spiro atoms. The topological polar surface area (TPSA) is 55.7 Å². The lowest BCUT2D eigenvalue weighted by Gasteiger charge is -2.33. The number of fused-ring (bicyclic) bond motifs is 1. The van der Waals surface area contributed by atoms with Gasteiger partial charge in [0, 0.05) is 6.07 Å². The number of hydrogen-bond acceptors (Lipinski definition) is 3. The summed E-state index contributed by atoms with van der Waals surface area (Å²) in [5.41, 5.74) is 2.04. The van der Waals surface area contributed by atoms with Gasteiger partial charge in [0.1, 0.15) is 11.6 Å². The predicted octanol–water partition coefficient (Wildman–Crippen LogP) is 6.66. The molecule has 188 valence electrons. The first-order chi connectivity index (χ1) is 17.6. The van der Waals surface area contributed by atoms with E-state index in [2.05, 4.69) is 40.1 Å². The Morgan fingerprint density at radius 1 is 1.00 bits per heavy atom. The van der Waals surface area contributed by atoms with Crippen molar-refractivity contribution < 1.29 is 17.6 Å². The zero-order valence-corrected chi connectivity index (χ0v) is 20.2. The Balaban J connectivity index is 1.45. The summed E-state index contributed by atoms with van der Waals surface area (Å²) in [4.78, 5) is 10.1. The number of hydrogen-bond donors (Lipinski definition) is 1. The fourth-order valence-corrected chi connectivity index (χ4v) is 6.16. The first kappa shape index (κ1) is 23.7. The lowest BCUT2D eigenvalue weighted by Crippen LogP contribution is -2.35. The van der Waals surface area contributed by atoms with Crippen molar-refractivity contribution in [3.05, 3.63) is 89.0 Å². The third kappa shape index (κ3) is 3.72. The van der Waals surface area contributed by atoms with Crippen LogP contribution >= 0.6 is 0 Å². The quantitative estimate of drug-likeness (QED) is 0.318. The first-order valence-electron chi connectivity index (χ1n) is 12.2. The van der Waals surface area contributed by atoms with Crippen molar-refractivity contribution in [2.45, 2.75) is 30.9 Å². The molecule has 8 heteroatoms. The highest BCUT2D eigenvalue weighted by Gasteiger charge is 2.70. The number of nitriles is 1. The van der Waals surface area contributed by atoms with Crippen molar-refractivity contribution >= 4 is 11.0 Å². The molecular formula is C29H24F4N4.